The fourth-order valence-electron chi connectivity index (χ4n) is 1.64. The number of anilines is 2. The monoisotopic (exact) mass is 310 g/mol. The number of aromatic hydroxyl groups is 1. The Morgan fingerprint density at radius 3 is 2.30 bits per heavy atom. The summed E-state index contributed by atoms with van der Waals surface area (Å²) in [6.45, 7) is 1.89. The predicted molar refractivity (Wildman–Crippen MR) is 81.9 cm³/mol. The molecule has 0 aromatic heterocycles. The third kappa shape index (κ3) is 3.35. The summed E-state index contributed by atoms with van der Waals surface area (Å²) in [6.07, 6.45) is 0. The van der Waals surface area contributed by atoms with E-state index >= 15 is 0 Å². The van der Waals surface area contributed by atoms with Crippen LogP contribution >= 0.6 is 23.2 Å². The molecule has 4 nitrogen and oxygen atoms in total. The number of halogens is 2. The second-order valence-corrected chi connectivity index (χ2v) is 5.00. The lowest BCUT2D eigenvalue weighted by atomic mass is 10.2. The zero-order chi connectivity index (χ0) is 14.7. The van der Waals surface area contributed by atoms with E-state index in [1.807, 2.05) is 25.1 Å². The van der Waals surface area contributed by atoms with Gasteiger partial charge in [-0.15, -0.1) is 0 Å². The van der Waals surface area contributed by atoms with Crippen LogP contribution in [0.1, 0.15) is 5.56 Å². The Labute approximate surface area is 126 Å². The molecule has 2 amide bonds. The number of benzene rings is 2. The summed E-state index contributed by atoms with van der Waals surface area (Å²) in [4.78, 5) is 11.9. The van der Waals surface area contributed by atoms with Gasteiger partial charge in [0, 0.05) is 11.4 Å². The van der Waals surface area contributed by atoms with Gasteiger partial charge in [-0.1, -0.05) is 41.4 Å². The molecule has 0 aliphatic heterocycles. The second-order valence-electron chi connectivity index (χ2n) is 4.18. The van der Waals surface area contributed by atoms with Crippen LogP contribution in [0, 0.1) is 6.92 Å². The summed E-state index contributed by atoms with van der Waals surface area (Å²) in [5.41, 5.74) is 2.05. The molecular weight excluding hydrogens is 299 g/mol. The molecule has 0 radical (unpaired) electrons. The molecular formula is C14H12Cl2N2O2. The number of hydrogen-bond donors (Lipinski definition) is 3. The molecule has 0 aliphatic rings. The van der Waals surface area contributed by atoms with Crippen LogP contribution in [0.2, 0.25) is 10.0 Å². The molecule has 0 saturated heterocycles. The molecule has 0 saturated carbocycles. The van der Waals surface area contributed by atoms with Crippen LogP contribution in [-0.4, -0.2) is 11.1 Å². The first-order valence-corrected chi connectivity index (χ1v) is 6.54. The number of phenolic OH excluding ortho intramolecular Hbond substituents is 1. The zero-order valence-corrected chi connectivity index (χ0v) is 12.1. The molecule has 0 fully saturated rings. The van der Waals surface area contributed by atoms with Crippen molar-refractivity contribution >= 4 is 40.6 Å². The molecule has 0 spiro atoms. The molecule has 0 heterocycles. The van der Waals surface area contributed by atoms with Gasteiger partial charge in [-0.2, -0.15) is 0 Å². The lowest BCUT2D eigenvalue weighted by molar-refractivity contribution is 0.262. The van der Waals surface area contributed by atoms with Gasteiger partial charge in [0.25, 0.3) is 0 Å². The number of hydrogen-bond acceptors (Lipinski definition) is 2. The zero-order valence-electron chi connectivity index (χ0n) is 10.6. The molecule has 20 heavy (non-hydrogen) atoms. The van der Waals surface area contributed by atoms with Crippen molar-refractivity contribution in [1.82, 2.24) is 0 Å². The first kappa shape index (κ1) is 14.5. The molecule has 6 heteroatoms. The first-order chi connectivity index (χ1) is 9.47. The van der Waals surface area contributed by atoms with Gasteiger partial charge < -0.3 is 15.7 Å². The number of para-hydroxylation sites is 1. The van der Waals surface area contributed by atoms with Crippen LogP contribution < -0.4 is 10.6 Å². The molecule has 104 valence electrons. The standard InChI is InChI=1S/C14H12Cl2N2O2/c1-8-4-2-3-5-12(8)18-14(20)17-9-6-10(15)13(19)11(16)7-9/h2-7,19H,1H3,(H2,17,18,20). The van der Waals surface area contributed by atoms with Crippen LogP contribution in [0.3, 0.4) is 0 Å². The Balaban J connectivity index is 2.11. The highest BCUT2D eigenvalue weighted by Gasteiger charge is 2.09. The number of rotatable bonds is 2. The Morgan fingerprint density at radius 1 is 1.10 bits per heavy atom. The smallest absolute Gasteiger partial charge is 0.323 e. The number of aryl methyl sites for hydroxylation is 1. The maximum atomic E-state index is 11.9. The average molecular weight is 311 g/mol. The van der Waals surface area contributed by atoms with Crippen molar-refractivity contribution in [2.75, 3.05) is 10.6 Å². The van der Waals surface area contributed by atoms with Crippen molar-refractivity contribution in [2.24, 2.45) is 0 Å². The normalized spacial score (nSPS) is 10.2. The lowest BCUT2D eigenvalue weighted by Gasteiger charge is -2.10. The largest absolute Gasteiger partial charge is 0.505 e. The van der Waals surface area contributed by atoms with Crippen LogP contribution in [-0.2, 0) is 0 Å². The van der Waals surface area contributed by atoms with E-state index in [9.17, 15) is 9.90 Å². The molecule has 2 aromatic rings. The third-order valence-corrected chi connectivity index (χ3v) is 3.24. The van der Waals surface area contributed by atoms with Crippen LogP contribution in [0.15, 0.2) is 36.4 Å². The highest BCUT2D eigenvalue weighted by molar-refractivity contribution is 6.37. The summed E-state index contributed by atoms with van der Waals surface area (Å²) in [5, 5.41) is 14.9. The van der Waals surface area contributed by atoms with Gasteiger partial charge in [0.1, 0.15) is 0 Å². The maximum Gasteiger partial charge on any atom is 0.323 e. The van der Waals surface area contributed by atoms with Crippen molar-refractivity contribution in [2.45, 2.75) is 6.92 Å². The lowest BCUT2D eigenvalue weighted by Crippen LogP contribution is -2.19. The molecule has 2 rings (SSSR count). The number of carbonyl (C=O) groups excluding carboxylic acids is 1. The maximum absolute atomic E-state index is 11.9. The Kier molecular flexibility index (Phi) is 4.37. The van der Waals surface area contributed by atoms with Crippen molar-refractivity contribution in [1.29, 1.82) is 0 Å². The van der Waals surface area contributed by atoms with Gasteiger partial charge in [0.15, 0.2) is 5.75 Å². The SMILES string of the molecule is Cc1ccccc1NC(=O)Nc1cc(Cl)c(O)c(Cl)c1. The van der Waals surface area contributed by atoms with E-state index in [-0.39, 0.29) is 15.8 Å². The summed E-state index contributed by atoms with van der Waals surface area (Å²) >= 11 is 11.6. The van der Waals surface area contributed by atoms with E-state index in [0.29, 0.717) is 11.4 Å². The predicted octanol–water partition coefficient (Wildman–Crippen LogP) is 4.65. The van der Waals surface area contributed by atoms with E-state index in [0.717, 1.165) is 5.56 Å². The van der Waals surface area contributed by atoms with E-state index in [1.54, 1.807) is 6.07 Å². The van der Waals surface area contributed by atoms with E-state index in [4.69, 9.17) is 23.2 Å². The van der Waals surface area contributed by atoms with Gasteiger partial charge in [0.2, 0.25) is 0 Å². The van der Waals surface area contributed by atoms with Gasteiger partial charge in [-0.3, -0.25) is 0 Å². The molecule has 0 bridgehead atoms. The van der Waals surface area contributed by atoms with E-state index in [2.05, 4.69) is 10.6 Å². The quantitative estimate of drug-likeness (QED) is 0.707. The molecule has 2 aromatic carbocycles. The minimum Gasteiger partial charge on any atom is -0.505 e. The van der Waals surface area contributed by atoms with E-state index < -0.39 is 6.03 Å². The first-order valence-electron chi connectivity index (χ1n) is 5.79. The number of carbonyl (C=O) groups is 1. The number of amides is 2. The second kappa shape index (κ2) is 6.03. The fourth-order valence-corrected chi connectivity index (χ4v) is 2.12. The highest BCUT2D eigenvalue weighted by Crippen LogP contribution is 2.34. The van der Waals surface area contributed by atoms with Crippen LogP contribution in [0.25, 0.3) is 0 Å². The van der Waals surface area contributed by atoms with Crippen molar-refractivity contribution < 1.29 is 9.90 Å². The average Bonchev–Trinajstić information content (AvgIpc) is 2.38. The minimum atomic E-state index is -0.419. The summed E-state index contributed by atoms with van der Waals surface area (Å²) in [5.74, 6) is -0.210. The molecule has 0 atom stereocenters. The molecule has 0 aliphatic carbocycles. The van der Waals surface area contributed by atoms with Crippen molar-refractivity contribution in [3.8, 4) is 5.75 Å². The number of phenols is 1. The number of nitrogens with one attached hydrogen (secondary N) is 2. The minimum absolute atomic E-state index is 0.0729. The van der Waals surface area contributed by atoms with Gasteiger partial charge in [-0.05, 0) is 30.7 Å². The molecule has 0 unspecified atom stereocenters. The topological polar surface area (TPSA) is 61.4 Å². The van der Waals surface area contributed by atoms with Gasteiger partial charge >= 0.3 is 6.03 Å². The Hall–Kier alpha value is -1.91. The summed E-state index contributed by atoms with van der Waals surface area (Å²) in [6, 6.07) is 9.82. The van der Waals surface area contributed by atoms with Crippen LogP contribution in [0.5, 0.6) is 5.75 Å². The third-order valence-electron chi connectivity index (χ3n) is 2.67. The van der Waals surface area contributed by atoms with E-state index in [1.165, 1.54) is 12.1 Å². The fraction of sp³-hybridized carbons (Fsp3) is 0.0714. The summed E-state index contributed by atoms with van der Waals surface area (Å²) in [7, 11) is 0. The molecule has 3 N–H and O–H groups in total. The van der Waals surface area contributed by atoms with Gasteiger partial charge in [0.05, 0.1) is 10.0 Å². The van der Waals surface area contributed by atoms with Crippen molar-refractivity contribution in [3.63, 3.8) is 0 Å². The number of urea groups is 1. The summed E-state index contributed by atoms with van der Waals surface area (Å²) < 4.78 is 0. The highest BCUT2D eigenvalue weighted by atomic mass is 35.5. The van der Waals surface area contributed by atoms with Gasteiger partial charge in [-0.25, -0.2) is 4.79 Å². The van der Waals surface area contributed by atoms with Crippen molar-refractivity contribution in [3.05, 3.63) is 52.0 Å². The Bertz CT molecular complexity index is 636. The Morgan fingerprint density at radius 2 is 1.70 bits per heavy atom. The van der Waals surface area contributed by atoms with Crippen LogP contribution in [0.4, 0.5) is 16.2 Å².